The van der Waals surface area contributed by atoms with E-state index in [4.69, 9.17) is 13.1 Å². The number of hydrogen-bond acceptors (Lipinski definition) is 2. The van der Waals surface area contributed by atoms with Gasteiger partial charge in [-0.1, -0.05) is 78.9 Å². The van der Waals surface area contributed by atoms with Gasteiger partial charge in [-0.3, -0.25) is 9.69 Å². The van der Waals surface area contributed by atoms with Gasteiger partial charge in [0.15, 0.2) is 11.4 Å². The first-order valence-electron chi connectivity index (χ1n) is 11.5. The number of para-hydroxylation sites is 1. The molecule has 0 saturated carbocycles. The summed E-state index contributed by atoms with van der Waals surface area (Å²) in [6.07, 6.45) is 0. The molecule has 3 nitrogen and oxygen atoms in total. The largest absolute Gasteiger partial charge is 0.309 e. The second kappa shape index (κ2) is 9.04. The molecule has 0 aliphatic rings. The van der Waals surface area contributed by atoms with Gasteiger partial charge in [-0.15, -0.1) is 11.3 Å². The minimum atomic E-state index is 0.383. The molecule has 4 heteroatoms. The van der Waals surface area contributed by atoms with Crippen LogP contribution in [0, 0.1) is 13.1 Å². The second-order valence-electron chi connectivity index (χ2n) is 8.40. The van der Waals surface area contributed by atoms with Crippen LogP contribution < -0.4 is 4.90 Å². The van der Waals surface area contributed by atoms with Crippen LogP contribution in [0.2, 0.25) is 0 Å². The van der Waals surface area contributed by atoms with E-state index in [2.05, 4.69) is 106 Å². The normalized spacial score (nSPS) is 10.7. The standard InChI is InChI=1S/C32H19N3S/c1-33-28-20-17-23(21-29(28)34-2)22-15-18-25(19-16-22)35(24-9-4-3-5-10-24)30-13-8-12-27-26-11-6-7-14-31(26)36-32(27)30/h3-21H. The van der Waals surface area contributed by atoms with E-state index in [0.717, 1.165) is 28.2 Å². The smallest absolute Gasteiger partial charge is 0.195 e. The van der Waals surface area contributed by atoms with Gasteiger partial charge in [-0.2, -0.15) is 0 Å². The highest BCUT2D eigenvalue weighted by molar-refractivity contribution is 7.26. The Labute approximate surface area is 213 Å². The van der Waals surface area contributed by atoms with Gasteiger partial charge in [-0.05, 0) is 47.5 Å². The molecule has 0 aliphatic carbocycles. The minimum Gasteiger partial charge on any atom is -0.309 e. The zero-order valence-electron chi connectivity index (χ0n) is 19.2. The van der Waals surface area contributed by atoms with E-state index in [1.54, 1.807) is 12.1 Å². The van der Waals surface area contributed by atoms with E-state index in [1.807, 2.05) is 23.5 Å². The summed E-state index contributed by atoms with van der Waals surface area (Å²) in [5.74, 6) is 0. The van der Waals surface area contributed by atoms with Crippen LogP contribution in [0.3, 0.4) is 0 Å². The summed E-state index contributed by atoms with van der Waals surface area (Å²) in [6, 6.07) is 39.3. The van der Waals surface area contributed by atoms with Crippen LogP contribution in [0.5, 0.6) is 0 Å². The van der Waals surface area contributed by atoms with Gasteiger partial charge in [0.1, 0.15) is 0 Å². The molecule has 6 rings (SSSR count). The zero-order chi connectivity index (χ0) is 24.5. The SMILES string of the molecule is [C-]#[N+]c1ccc(-c2ccc(N(c3ccccc3)c3cccc4c3sc3ccccc34)cc2)cc1[N+]#[C-]. The molecular formula is C32H19N3S. The second-order valence-corrected chi connectivity index (χ2v) is 9.45. The third kappa shape index (κ3) is 3.67. The molecule has 0 atom stereocenters. The lowest BCUT2D eigenvalue weighted by molar-refractivity contribution is 1.30. The average molecular weight is 478 g/mol. The number of hydrogen-bond donors (Lipinski definition) is 0. The van der Waals surface area contributed by atoms with Gasteiger partial charge < -0.3 is 4.90 Å². The lowest BCUT2D eigenvalue weighted by Crippen LogP contribution is -2.09. The first kappa shape index (κ1) is 21.6. The van der Waals surface area contributed by atoms with Crippen molar-refractivity contribution in [2.24, 2.45) is 0 Å². The van der Waals surface area contributed by atoms with E-state index in [9.17, 15) is 0 Å². The van der Waals surface area contributed by atoms with Crippen molar-refractivity contribution in [2.75, 3.05) is 4.90 Å². The van der Waals surface area contributed by atoms with Crippen molar-refractivity contribution in [2.45, 2.75) is 0 Å². The Hall–Kier alpha value is -4.90. The Morgan fingerprint density at radius 1 is 0.556 bits per heavy atom. The van der Waals surface area contributed by atoms with Crippen LogP contribution in [0.15, 0.2) is 115 Å². The molecule has 0 amide bonds. The lowest BCUT2D eigenvalue weighted by atomic mass is 10.0. The molecule has 0 bridgehead atoms. The fourth-order valence-electron chi connectivity index (χ4n) is 4.60. The summed E-state index contributed by atoms with van der Waals surface area (Å²) in [5.41, 5.74) is 5.99. The van der Waals surface area contributed by atoms with Crippen LogP contribution in [-0.4, -0.2) is 0 Å². The topological polar surface area (TPSA) is 12.0 Å². The van der Waals surface area contributed by atoms with Crippen molar-refractivity contribution < 1.29 is 0 Å². The van der Waals surface area contributed by atoms with Crippen molar-refractivity contribution >= 4 is 59.9 Å². The Bertz CT molecular complexity index is 1800. The molecule has 1 aromatic heterocycles. The van der Waals surface area contributed by atoms with Crippen LogP contribution in [-0.2, 0) is 0 Å². The van der Waals surface area contributed by atoms with E-state index >= 15 is 0 Å². The predicted octanol–water partition coefficient (Wildman–Crippen LogP) is 10.3. The summed E-state index contributed by atoms with van der Waals surface area (Å²) in [5, 5.41) is 2.54. The van der Waals surface area contributed by atoms with Gasteiger partial charge in [0.25, 0.3) is 0 Å². The highest BCUT2D eigenvalue weighted by atomic mass is 32.1. The third-order valence-corrected chi connectivity index (χ3v) is 7.52. The number of rotatable bonds is 4. The molecule has 0 spiro atoms. The van der Waals surface area contributed by atoms with E-state index in [-0.39, 0.29) is 0 Å². The molecule has 168 valence electrons. The van der Waals surface area contributed by atoms with Crippen molar-refractivity contribution in [3.05, 3.63) is 138 Å². The maximum absolute atomic E-state index is 7.41. The molecule has 6 aromatic rings. The number of nitrogens with zero attached hydrogens (tertiary/aromatic N) is 3. The summed E-state index contributed by atoms with van der Waals surface area (Å²) in [6.45, 7) is 14.7. The molecule has 0 radical (unpaired) electrons. The van der Waals surface area contributed by atoms with Crippen molar-refractivity contribution in [1.29, 1.82) is 0 Å². The van der Waals surface area contributed by atoms with Gasteiger partial charge in [0.05, 0.1) is 23.5 Å². The summed E-state index contributed by atoms with van der Waals surface area (Å²) in [4.78, 5) is 9.28. The van der Waals surface area contributed by atoms with E-state index in [1.165, 1.54) is 20.2 Å². The molecule has 0 unspecified atom stereocenters. The van der Waals surface area contributed by atoms with Gasteiger partial charge in [0.2, 0.25) is 0 Å². The van der Waals surface area contributed by atoms with E-state index in [0.29, 0.717) is 11.4 Å². The molecule has 0 saturated heterocycles. The molecular weight excluding hydrogens is 458 g/mol. The Balaban J connectivity index is 1.49. The van der Waals surface area contributed by atoms with Crippen LogP contribution in [0.1, 0.15) is 0 Å². The predicted molar refractivity (Wildman–Crippen MR) is 152 cm³/mol. The number of fused-ring (bicyclic) bond motifs is 3. The minimum absolute atomic E-state index is 0.383. The quantitative estimate of drug-likeness (QED) is 0.230. The highest BCUT2D eigenvalue weighted by Gasteiger charge is 2.17. The third-order valence-electron chi connectivity index (χ3n) is 6.31. The maximum Gasteiger partial charge on any atom is 0.195 e. The first-order chi connectivity index (χ1) is 17.8. The number of benzene rings is 5. The fraction of sp³-hybridized carbons (Fsp3) is 0. The van der Waals surface area contributed by atoms with Crippen LogP contribution in [0.25, 0.3) is 41.0 Å². The Morgan fingerprint density at radius 2 is 1.22 bits per heavy atom. The lowest BCUT2D eigenvalue weighted by Gasteiger charge is -2.26. The zero-order valence-corrected chi connectivity index (χ0v) is 20.0. The Kier molecular flexibility index (Phi) is 5.43. The molecule has 5 aromatic carbocycles. The molecule has 36 heavy (non-hydrogen) atoms. The number of anilines is 3. The molecule has 0 aliphatic heterocycles. The summed E-state index contributed by atoms with van der Waals surface area (Å²) >= 11 is 1.82. The molecule has 0 N–H and O–H groups in total. The summed E-state index contributed by atoms with van der Waals surface area (Å²) in [7, 11) is 0. The van der Waals surface area contributed by atoms with Gasteiger partial charge in [0, 0.05) is 26.8 Å². The monoisotopic (exact) mass is 477 g/mol. The van der Waals surface area contributed by atoms with Gasteiger partial charge in [-0.25, -0.2) is 0 Å². The summed E-state index contributed by atoms with van der Waals surface area (Å²) < 4.78 is 2.53. The maximum atomic E-state index is 7.41. The Morgan fingerprint density at radius 3 is 2.00 bits per heavy atom. The van der Waals surface area contributed by atoms with Crippen LogP contribution >= 0.6 is 11.3 Å². The van der Waals surface area contributed by atoms with E-state index < -0.39 is 0 Å². The number of thiophene rings is 1. The fourth-order valence-corrected chi connectivity index (χ4v) is 5.81. The van der Waals surface area contributed by atoms with Crippen molar-refractivity contribution in [3.8, 4) is 11.1 Å². The van der Waals surface area contributed by atoms with Crippen LogP contribution in [0.4, 0.5) is 28.4 Å². The van der Waals surface area contributed by atoms with Gasteiger partial charge >= 0.3 is 0 Å². The highest BCUT2D eigenvalue weighted by Crippen LogP contribution is 2.44. The first-order valence-corrected chi connectivity index (χ1v) is 12.3. The molecule has 1 heterocycles. The molecule has 0 fully saturated rings. The van der Waals surface area contributed by atoms with Crippen molar-refractivity contribution in [3.63, 3.8) is 0 Å². The average Bonchev–Trinajstić information content (AvgIpc) is 3.33. The van der Waals surface area contributed by atoms with Crippen molar-refractivity contribution in [1.82, 2.24) is 0 Å².